The van der Waals surface area contributed by atoms with Crippen molar-refractivity contribution in [3.8, 4) is 5.75 Å². The van der Waals surface area contributed by atoms with Crippen LogP contribution in [0.4, 0.5) is 0 Å². The number of carbonyl (C=O) groups is 8. The van der Waals surface area contributed by atoms with Gasteiger partial charge >= 0.3 is 5.97 Å². The highest BCUT2D eigenvalue weighted by Crippen LogP contribution is 2.25. The van der Waals surface area contributed by atoms with Crippen LogP contribution < -0.4 is 31.9 Å². The largest absolute Gasteiger partial charge is 0.508 e. The maximum atomic E-state index is 14.6. The summed E-state index contributed by atoms with van der Waals surface area (Å²) in [4.78, 5) is 115. The van der Waals surface area contributed by atoms with E-state index in [0.29, 0.717) is 30.7 Å². The highest BCUT2D eigenvalue weighted by atomic mass is 16.5. The molecule has 1 aliphatic heterocycles. The molecule has 74 heavy (non-hydrogen) atoms. The molecule has 0 spiro atoms. The Bertz CT molecular complexity index is 2360. The van der Waals surface area contributed by atoms with Crippen LogP contribution in [-0.2, 0) is 60.7 Å². The fourth-order valence-electron chi connectivity index (χ4n) is 8.51. The summed E-state index contributed by atoms with van der Waals surface area (Å²) in [7, 11) is 3.17. The number of nitrogens with one attached hydrogen (secondary N) is 7. The normalized spacial score (nSPS) is 16.4. The number of hydrogen-bond donors (Lipinski definition) is 11. The minimum atomic E-state index is -1.61. The molecule has 1 aliphatic rings. The van der Waals surface area contributed by atoms with Gasteiger partial charge in [-0.2, -0.15) is 0 Å². The van der Waals surface area contributed by atoms with Crippen molar-refractivity contribution in [3.63, 3.8) is 0 Å². The summed E-state index contributed by atoms with van der Waals surface area (Å²) in [6.45, 7) is 8.37. The first-order valence-electron chi connectivity index (χ1n) is 24.9. The minimum absolute atomic E-state index is 0.0251. The van der Waals surface area contributed by atoms with Gasteiger partial charge in [0, 0.05) is 50.1 Å². The van der Waals surface area contributed by atoms with E-state index in [9.17, 15) is 58.8 Å². The molecule has 7 amide bonds. The lowest BCUT2D eigenvalue weighted by molar-refractivity contribution is -0.149. The average molecular weight is 1040 g/mol. The maximum Gasteiger partial charge on any atom is 0.326 e. The standard InChI is InChI=1S/C51H75N9O14/c1-29(2)23-37(54-42(64)28-74-22-21-73-20-18-52-6)45(65)58-44(31(5)62)48(68)57-43(30(3)4)47(67)56-39(27-61)49(69)60-19-10-13-40(60)50(70)59(7)41(25-33-26-53-36-12-9-8-11-35(33)36)46(66)55-38(51(71)72)24-32-14-16-34(63)17-15-32/h8-9,11-12,14-17,26,29-31,37-41,43-44,52-53,61-63H,10,13,18-25,27-28H2,1-7H3,(H,54,64)(H,55,66)(H,56,67)(H,57,68)(H,58,65)(H,71,72)/t31?,37-,38?,39?,40?,41?,43-,44?/m0/s1. The smallest absolute Gasteiger partial charge is 0.326 e. The number of aromatic nitrogens is 1. The zero-order valence-corrected chi connectivity index (χ0v) is 43.2. The summed E-state index contributed by atoms with van der Waals surface area (Å²) in [6, 6.07) is 3.56. The van der Waals surface area contributed by atoms with Gasteiger partial charge in [-0.3, -0.25) is 33.6 Å². The molecule has 8 atom stereocenters. The van der Waals surface area contributed by atoms with Crippen LogP contribution in [0.1, 0.15) is 65.0 Å². The van der Waals surface area contributed by atoms with Crippen LogP contribution in [0.2, 0.25) is 0 Å². The van der Waals surface area contributed by atoms with Crippen LogP contribution in [0.25, 0.3) is 10.9 Å². The van der Waals surface area contributed by atoms with E-state index < -0.39 is 108 Å². The van der Waals surface area contributed by atoms with Crippen molar-refractivity contribution in [1.29, 1.82) is 0 Å². The molecule has 1 aromatic heterocycles. The Hall–Kier alpha value is -6.66. The number of benzene rings is 2. The Morgan fingerprint density at radius 1 is 0.784 bits per heavy atom. The third-order valence-electron chi connectivity index (χ3n) is 12.6. The van der Waals surface area contributed by atoms with E-state index in [2.05, 4.69) is 36.9 Å². The lowest BCUT2D eigenvalue weighted by atomic mass is 10.00. The summed E-state index contributed by atoms with van der Waals surface area (Å²) >= 11 is 0. The number of carboxylic acid groups (broad SMARTS) is 1. The molecule has 0 saturated carbocycles. The number of phenols is 1. The van der Waals surface area contributed by atoms with Gasteiger partial charge in [0.2, 0.25) is 41.4 Å². The van der Waals surface area contributed by atoms with Gasteiger partial charge in [0.25, 0.3) is 0 Å². The highest BCUT2D eigenvalue weighted by Gasteiger charge is 2.43. The van der Waals surface area contributed by atoms with Gasteiger partial charge in [-0.25, -0.2) is 4.79 Å². The number of carboxylic acids is 1. The summed E-state index contributed by atoms with van der Waals surface area (Å²) in [5.74, 6) is -7.58. The number of aliphatic hydroxyl groups is 2. The number of aliphatic hydroxyl groups excluding tert-OH is 2. The number of likely N-dealkylation sites (tertiary alicyclic amines) is 1. The van der Waals surface area contributed by atoms with Gasteiger partial charge in [-0.15, -0.1) is 0 Å². The zero-order chi connectivity index (χ0) is 54.6. The number of rotatable bonds is 30. The van der Waals surface area contributed by atoms with Crippen LogP contribution in [0.15, 0.2) is 54.7 Å². The fraction of sp³-hybridized carbons (Fsp3) is 0.569. The first-order chi connectivity index (χ1) is 35.2. The van der Waals surface area contributed by atoms with Crippen molar-refractivity contribution in [2.45, 2.75) is 115 Å². The number of aromatic amines is 1. The molecule has 2 heterocycles. The van der Waals surface area contributed by atoms with Gasteiger partial charge in [0.1, 0.15) is 54.6 Å². The summed E-state index contributed by atoms with van der Waals surface area (Å²) in [5, 5.41) is 57.5. The Labute approximate surface area is 430 Å². The molecule has 4 rings (SSSR count). The Balaban J connectivity index is 1.47. The van der Waals surface area contributed by atoms with E-state index in [-0.39, 0.29) is 63.7 Å². The monoisotopic (exact) mass is 1040 g/mol. The van der Waals surface area contributed by atoms with E-state index in [1.54, 1.807) is 27.1 Å². The van der Waals surface area contributed by atoms with Crippen molar-refractivity contribution in [2.24, 2.45) is 11.8 Å². The molecule has 408 valence electrons. The summed E-state index contributed by atoms with van der Waals surface area (Å²) in [5.41, 5.74) is 1.93. The quantitative estimate of drug-likeness (QED) is 0.0369. The van der Waals surface area contributed by atoms with Crippen molar-refractivity contribution >= 4 is 58.2 Å². The molecule has 2 aromatic carbocycles. The molecule has 1 fully saturated rings. The number of para-hydroxylation sites is 1. The number of likely N-dealkylation sites (N-methyl/N-ethyl adjacent to an activating group) is 2. The highest BCUT2D eigenvalue weighted by molar-refractivity contribution is 5.98. The third-order valence-corrected chi connectivity index (χ3v) is 12.6. The molecule has 0 bridgehead atoms. The first-order valence-corrected chi connectivity index (χ1v) is 24.9. The molecule has 0 aliphatic carbocycles. The second kappa shape index (κ2) is 29.3. The van der Waals surface area contributed by atoms with Crippen molar-refractivity contribution in [2.75, 3.05) is 60.2 Å². The number of H-pyrrole nitrogens is 1. The fourth-order valence-corrected chi connectivity index (χ4v) is 8.51. The first kappa shape index (κ1) is 59.9. The Kier molecular flexibility index (Phi) is 23.7. The van der Waals surface area contributed by atoms with Crippen LogP contribution in [-0.4, -0.2) is 191 Å². The number of nitrogens with zero attached hydrogens (tertiary/aromatic N) is 2. The number of fused-ring (bicyclic) bond motifs is 1. The number of amides is 7. The molecular weight excluding hydrogens is 963 g/mol. The lowest BCUT2D eigenvalue weighted by Crippen LogP contribution is -2.62. The average Bonchev–Trinajstić information content (AvgIpc) is 4.02. The molecule has 3 aromatic rings. The third kappa shape index (κ3) is 17.5. The Morgan fingerprint density at radius 2 is 1.43 bits per heavy atom. The molecule has 6 unspecified atom stereocenters. The topological polar surface area (TPSA) is 330 Å². The summed E-state index contributed by atoms with van der Waals surface area (Å²) < 4.78 is 10.7. The summed E-state index contributed by atoms with van der Waals surface area (Å²) in [6.07, 6.45) is 0.683. The molecule has 23 heteroatoms. The lowest BCUT2D eigenvalue weighted by Gasteiger charge is -2.34. The Morgan fingerprint density at radius 3 is 2.07 bits per heavy atom. The molecular formula is C51H75N9O14. The number of phenolic OH excluding ortho intramolecular Hbond substituents is 1. The minimum Gasteiger partial charge on any atom is -0.508 e. The van der Waals surface area contributed by atoms with Crippen molar-refractivity contribution < 1.29 is 68.3 Å². The van der Waals surface area contributed by atoms with Crippen LogP contribution >= 0.6 is 0 Å². The van der Waals surface area contributed by atoms with E-state index >= 15 is 0 Å². The van der Waals surface area contributed by atoms with Gasteiger partial charge in [0.05, 0.1) is 32.5 Å². The molecule has 0 radical (unpaired) electrons. The number of carbonyl (C=O) groups excluding carboxylic acids is 7. The maximum absolute atomic E-state index is 14.6. The van der Waals surface area contributed by atoms with E-state index in [1.807, 2.05) is 38.1 Å². The number of hydrogen-bond acceptors (Lipinski definition) is 14. The molecule has 11 N–H and O–H groups in total. The van der Waals surface area contributed by atoms with Crippen molar-refractivity contribution in [3.05, 3.63) is 65.9 Å². The van der Waals surface area contributed by atoms with Crippen LogP contribution in [0, 0.1) is 11.8 Å². The van der Waals surface area contributed by atoms with Crippen molar-refractivity contribution in [1.82, 2.24) is 46.7 Å². The second-order valence-corrected chi connectivity index (χ2v) is 19.2. The molecule has 1 saturated heterocycles. The number of aromatic hydroxyl groups is 1. The predicted octanol–water partition coefficient (Wildman–Crippen LogP) is -0.687. The van der Waals surface area contributed by atoms with Gasteiger partial charge < -0.3 is 76.6 Å². The predicted molar refractivity (Wildman–Crippen MR) is 271 cm³/mol. The van der Waals surface area contributed by atoms with Crippen LogP contribution in [0.5, 0.6) is 5.75 Å². The second-order valence-electron chi connectivity index (χ2n) is 19.2. The van der Waals surface area contributed by atoms with E-state index in [4.69, 9.17) is 9.47 Å². The SMILES string of the molecule is CNCCOCCOCC(=O)N[C@@H](CC(C)C)C(=O)NC(C(=O)N[C@H](C(=O)NC(CO)C(=O)N1CCCC1C(=O)N(C)C(Cc1c[nH]c2ccccc12)C(=O)NC(Cc1ccc(O)cc1)C(=O)O)C(C)C)C(C)O. The number of ether oxygens (including phenoxy) is 2. The van der Waals surface area contributed by atoms with Gasteiger partial charge in [0.15, 0.2) is 0 Å². The van der Waals surface area contributed by atoms with E-state index in [1.165, 1.54) is 48.0 Å². The van der Waals surface area contributed by atoms with Gasteiger partial charge in [-0.1, -0.05) is 58.0 Å². The molecule has 23 nitrogen and oxygen atoms in total. The number of aliphatic carboxylic acids is 1. The zero-order valence-electron chi connectivity index (χ0n) is 43.2. The van der Waals surface area contributed by atoms with Gasteiger partial charge in [-0.05, 0) is 74.4 Å². The van der Waals surface area contributed by atoms with E-state index in [0.717, 1.165) is 10.9 Å². The van der Waals surface area contributed by atoms with Crippen LogP contribution in [0.3, 0.4) is 0 Å².